The van der Waals surface area contributed by atoms with Crippen LogP contribution < -0.4 is 9.46 Å². The van der Waals surface area contributed by atoms with E-state index in [1.165, 1.54) is 24.5 Å². The molecule has 0 bridgehead atoms. The van der Waals surface area contributed by atoms with Crippen LogP contribution in [0.15, 0.2) is 58.0 Å². The molecule has 9 heteroatoms. The highest BCUT2D eigenvalue weighted by Crippen LogP contribution is 2.22. The number of rotatable bonds is 7. The maximum atomic E-state index is 12.4. The molecular weight excluding hydrogens is 402 g/mol. The van der Waals surface area contributed by atoms with E-state index in [0.29, 0.717) is 18.0 Å². The van der Waals surface area contributed by atoms with Crippen LogP contribution in [0.3, 0.4) is 0 Å². The quantitative estimate of drug-likeness (QED) is 0.631. The molecule has 0 atom stereocenters. The van der Waals surface area contributed by atoms with Crippen LogP contribution in [-0.4, -0.2) is 27.1 Å². The van der Waals surface area contributed by atoms with Crippen LogP contribution in [0.1, 0.15) is 11.3 Å². The molecular formula is C19H16ClN3O4S. The van der Waals surface area contributed by atoms with E-state index in [0.717, 1.165) is 11.3 Å². The lowest BCUT2D eigenvalue weighted by Gasteiger charge is -2.06. The van der Waals surface area contributed by atoms with Gasteiger partial charge in [0.05, 0.1) is 28.3 Å². The smallest absolute Gasteiger partial charge is 0.240 e. The van der Waals surface area contributed by atoms with Crippen LogP contribution in [0, 0.1) is 11.3 Å². The summed E-state index contributed by atoms with van der Waals surface area (Å²) in [5.74, 6) is 1.17. The van der Waals surface area contributed by atoms with Gasteiger partial charge >= 0.3 is 0 Å². The van der Waals surface area contributed by atoms with E-state index in [1.54, 1.807) is 19.2 Å². The van der Waals surface area contributed by atoms with Gasteiger partial charge in [-0.15, -0.1) is 0 Å². The normalized spacial score (nSPS) is 11.2. The van der Waals surface area contributed by atoms with Crippen molar-refractivity contribution < 1.29 is 17.6 Å². The standard InChI is InChI=1S/C19H16ClN3O4S/c1-26-16-5-2-13(3-6-16)19-23-15(12-27-19)8-9-22-28(24,25)17-7-4-14(11-21)18(20)10-17/h2-7,10,12,22H,8-9H2,1H3. The van der Waals surface area contributed by atoms with Crippen molar-refractivity contribution in [3.63, 3.8) is 0 Å². The van der Waals surface area contributed by atoms with Gasteiger partial charge in [0, 0.05) is 18.5 Å². The molecule has 1 heterocycles. The second-order valence-corrected chi connectivity index (χ2v) is 7.95. The summed E-state index contributed by atoms with van der Waals surface area (Å²) in [6.07, 6.45) is 1.84. The summed E-state index contributed by atoms with van der Waals surface area (Å²) in [5.41, 5.74) is 1.63. The number of nitrogens with zero attached hydrogens (tertiary/aromatic N) is 2. The predicted molar refractivity (Wildman–Crippen MR) is 104 cm³/mol. The Kier molecular flexibility index (Phi) is 5.99. The van der Waals surface area contributed by atoms with Crippen molar-refractivity contribution in [3.8, 4) is 23.3 Å². The van der Waals surface area contributed by atoms with Gasteiger partial charge in [-0.05, 0) is 42.5 Å². The molecule has 144 valence electrons. The molecule has 0 fully saturated rings. The Morgan fingerprint density at radius 2 is 2.00 bits per heavy atom. The van der Waals surface area contributed by atoms with Crippen LogP contribution in [0.4, 0.5) is 0 Å². The third kappa shape index (κ3) is 4.51. The first-order valence-corrected chi connectivity index (χ1v) is 10.1. The van der Waals surface area contributed by atoms with E-state index >= 15 is 0 Å². The highest BCUT2D eigenvalue weighted by molar-refractivity contribution is 7.89. The largest absolute Gasteiger partial charge is 0.497 e. The zero-order valence-corrected chi connectivity index (χ0v) is 16.4. The summed E-state index contributed by atoms with van der Waals surface area (Å²) in [6, 6.07) is 13.1. The van der Waals surface area contributed by atoms with Crippen molar-refractivity contribution in [3.05, 3.63) is 65.0 Å². The van der Waals surface area contributed by atoms with E-state index in [1.807, 2.05) is 18.2 Å². The van der Waals surface area contributed by atoms with Crippen LogP contribution in [0.2, 0.25) is 5.02 Å². The molecule has 0 radical (unpaired) electrons. The van der Waals surface area contributed by atoms with Crippen molar-refractivity contribution in [2.24, 2.45) is 0 Å². The van der Waals surface area contributed by atoms with Gasteiger partial charge in [-0.3, -0.25) is 0 Å². The Balaban J connectivity index is 1.62. The van der Waals surface area contributed by atoms with Crippen molar-refractivity contribution in [1.82, 2.24) is 9.71 Å². The van der Waals surface area contributed by atoms with Gasteiger partial charge in [-0.1, -0.05) is 11.6 Å². The molecule has 0 amide bonds. The number of nitrogens with one attached hydrogen (secondary N) is 1. The molecule has 28 heavy (non-hydrogen) atoms. The molecule has 0 unspecified atom stereocenters. The summed E-state index contributed by atoms with van der Waals surface area (Å²) < 4.78 is 37.8. The van der Waals surface area contributed by atoms with Crippen molar-refractivity contribution in [2.75, 3.05) is 13.7 Å². The van der Waals surface area contributed by atoms with Crippen molar-refractivity contribution >= 4 is 21.6 Å². The van der Waals surface area contributed by atoms with Gasteiger partial charge in [-0.2, -0.15) is 5.26 Å². The Morgan fingerprint density at radius 3 is 2.64 bits per heavy atom. The molecule has 0 aliphatic rings. The zero-order valence-electron chi connectivity index (χ0n) is 14.8. The van der Waals surface area contributed by atoms with Crippen LogP contribution in [-0.2, 0) is 16.4 Å². The topological polar surface area (TPSA) is 105 Å². The summed E-state index contributed by atoms with van der Waals surface area (Å²) in [4.78, 5) is 4.36. The Hall–Kier alpha value is -2.86. The fourth-order valence-corrected chi connectivity index (χ4v) is 3.78. The Morgan fingerprint density at radius 1 is 1.25 bits per heavy atom. The number of sulfonamides is 1. The number of benzene rings is 2. The number of methoxy groups -OCH3 is 1. The van der Waals surface area contributed by atoms with E-state index in [2.05, 4.69) is 9.71 Å². The molecule has 2 aromatic carbocycles. The maximum Gasteiger partial charge on any atom is 0.240 e. The minimum atomic E-state index is -3.75. The van der Waals surface area contributed by atoms with Gasteiger partial charge in [-0.25, -0.2) is 18.1 Å². The second kappa shape index (κ2) is 8.44. The monoisotopic (exact) mass is 417 g/mol. The highest BCUT2D eigenvalue weighted by atomic mass is 35.5. The fourth-order valence-electron chi connectivity index (χ4n) is 2.44. The average Bonchev–Trinajstić information content (AvgIpc) is 3.16. The maximum absolute atomic E-state index is 12.4. The van der Waals surface area contributed by atoms with Crippen LogP contribution in [0.5, 0.6) is 5.75 Å². The molecule has 0 spiro atoms. The van der Waals surface area contributed by atoms with Gasteiger partial charge in [0.2, 0.25) is 15.9 Å². The lowest BCUT2D eigenvalue weighted by Crippen LogP contribution is -2.26. The molecule has 0 saturated heterocycles. The number of nitriles is 1. The number of hydrogen-bond donors (Lipinski definition) is 1. The third-order valence-corrected chi connectivity index (χ3v) is 5.70. The summed E-state index contributed by atoms with van der Waals surface area (Å²) in [5, 5.41) is 8.96. The molecule has 0 aliphatic carbocycles. The summed E-state index contributed by atoms with van der Waals surface area (Å²) in [7, 11) is -2.16. The lowest BCUT2D eigenvalue weighted by atomic mass is 10.2. The van der Waals surface area contributed by atoms with Gasteiger partial charge < -0.3 is 9.15 Å². The summed E-state index contributed by atoms with van der Waals surface area (Å²) in [6.45, 7) is 0.133. The molecule has 1 N–H and O–H groups in total. The van der Waals surface area contributed by atoms with Gasteiger partial charge in [0.25, 0.3) is 0 Å². The van der Waals surface area contributed by atoms with Crippen molar-refractivity contribution in [2.45, 2.75) is 11.3 Å². The number of hydrogen-bond acceptors (Lipinski definition) is 6. The number of aromatic nitrogens is 1. The van der Waals surface area contributed by atoms with Gasteiger partial charge in [0.15, 0.2) is 0 Å². The molecule has 3 aromatic rings. The van der Waals surface area contributed by atoms with E-state index in [9.17, 15) is 8.42 Å². The van der Waals surface area contributed by atoms with Crippen LogP contribution >= 0.6 is 11.6 Å². The van der Waals surface area contributed by atoms with Gasteiger partial charge in [0.1, 0.15) is 18.1 Å². The summed E-state index contributed by atoms with van der Waals surface area (Å²) >= 11 is 5.90. The first kappa shape index (κ1) is 19.9. The van der Waals surface area contributed by atoms with Crippen LogP contribution in [0.25, 0.3) is 11.5 Å². The fraction of sp³-hybridized carbons (Fsp3) is 0.158. The molecule has 0 aliphatic heterocycles. The number of oxazole rings is 1. The average molecular weight is 418 g/mol. The molecule has 0 saturated carbocycles. The number of halogens is 1. The third-order valence-electron chi connectivity index (χ3n) is 3.93. The molecule has 1 aromatic heterocycles. The highest BCUT2D eigenvalue weighted by Gasteiger charge is 2.16. The van der Waals surface area contributed by atoms with Crippen molar-refractivity contribution in [1.29, 1.82) is 5.26 Å². The minimum absolute atomic E-state index is 0.00410. The first-order chi connectivity index (χ1) is 13.4. The lowest BCUT2D eigenvalue weighted by molar-refractivity contribution is 0.415. The predicted octanol–water partition coefficient (Wildman–Crippen LogP) is 3.40. The second-order valence-electron chi connectivity index (χ2n) is 5.77. The SMILES string of the molecule is COc1ccc(-c2nc(CCNS(=O)(=O)c3ccc(C#N)c(Cl)c3)co2)cc1. The van der Waals surface area contributed by atoms with E-state index in [4.69, 9.17) is 26.0 Å². The zero-order chi connectivity index (χ0) is 20.1. The molecule has 3 rings (SSSR count). The Labute approximate surface area is 167 Å². The minimum Gasteiger partial charge on any atom is -0.497 e. The Bertz CT molecular complexity index is 1120. The number of ether oxygens (including phenoxy) is 1. The first-order valence-electron chi connectivity index (χ1n) is 8.21. The van der Waals surface area contributed by atoms with E-state index < -0.39 is 10.0 Å². The molecule has 7 nitrogen and oxygen atoms in total. The van der Waals surface area contributed by atoms with E-state index in [-0.39, 0.29) is 22.0 Å².